The number of fused-ring (bicyclic) bond motifs is 8. The predicted octanol–water partition coefficient (Wildman–Crippen LogP) is 14.6. The van der Waals surface area contributed by atoms with Gasteiger partial charge in [0.2, 0.25) is 0 Å². The van der Waals surface area contributed by atoms with Gasteiger partial charge in [-0.2, -0.15) is 0 Å². The third-order valence-corrected chi connectivity index (χ3v) is 12.4. The van der Waals surface area contributed by atoms with Crippen LogP contribution >= 0.6 is 11.3 Å². The molecule has 0 unspecified atom stereocenters. The van der Waals surface area contributed by atoms with E-state index in [-0.39, 0.29) is 0 Å². The van der Waals surface area contributed by atoms with Crippen LogP contribution in [0.15, 0.2) is 188 Å². The molecule has 8 aromatic carbocycles. The van der Waals surface area contributed by atoms with Gasteiger partial charge in [-0.1, -0.05) is 84.9 Å². The summed E-state index contributed by atoms with van der Waals surface area (Å²) in [6.45, 7) is 0. The zero-order valence-electron chi connectivity index (χ0n) is 30.1. The van der Waals surface area contributed by atoms with Crippen molar-refractivity contribution in [2.45, 2.75) is 0 Å². The highest BCUT2D eigenvalue weighted by atomic mass is 32.1. The molecule has 0 aliphatic carbocycles. The number of rotatable bonds is 5. The minimum atomic E-state index is 0.889. The maximum atomic E-state index is 6.40. The number of thiophene rings is 1. The van der Waals surface area contributed by atoms with E-state index >= 15 is 0 Å². The molecule has 262 valence electrons. The van der Waals surface area contributed by atoms with E-state index in [0.29, 0.717) is 0 Å². The molecule has 56 heavy (non-hydrogen) atoms. The van der Waals surface area contributed by atoms with Crippen LogP contribution in [0.1, 0.15) is 0 Å². The van der Waals surface area contributed by atoms with E-state index in [0.717, 1.165) is 56.5 Å². The van der Waals surface area contributed by atoms with Gasteiger partial charge in [0.05, 0.1) is 17.2 Å². The van der Waals surface area contributed by atoms with Crippen molar-refractivity contribution in [3.8, 4) is 39.4 Å². The van der Waals surface area contributed by atoms with E-state index in [9.17, 15) is 0 Å². The summed E-state index contributed by atoms with van der Waals surface area (Å²) in [5.41, 5.74) is 11.3. The van der Waals surface area contributed by atoms with Crippen molar-refractivity contribution >= 4 is 81.1 Å². The summed E-state index contributed by atoms with van der Waals surface area (Å²) in [6, 6.07) is 63.4. The Morgan fingerprint density at radius 2 is 1.20 bits per heavy atom. The van der Waals surface area contributed by atoms with Crippen LogP contribution in [0.25, 0.3) is 80.7 Å². The molecule has 0 saturated heterocycles. The fraction of sp³-hybridized carbons (Fsp3) is 0. The normalized spacial score (nSPS) is 12.1. The monoisotopic (exact) mass is 733 g/mol. The molecule has 0 fully saturated rings. The molecule has 0 saturated carbocycles. The Balaban J connectivity index is 0.972. The average molecular weight is 734 g/mol. The molecule has 1 aliphatic heterocycles. The van der Waals surface area contributed by atoms with Crippen LogP contribution in [0.2, 0.25) is 0 Å². The molecule has 0 spiro atoms. The summed E-state index contributed by atoms with van der Waals surface area (Å²) in [6.07, 6.45) is 3.84. The summed E-state index contributed by atoms with van der Waals surface area (Å²) >= 11 is 1.84. The SMILES string of the molecule is c1cc2c3c(cccc3c1)-c1cc(-c3ccc(N(c4ccc(-n5c6ccccc6c6ccncc65)cc4)c4ccc5sc6ccccc6c5c4)cc3)ccc1O2. The molecule has 0 radical (unpaired) electrons. The summed E-state index contributed by atoms with van der Waals surface area (Å²) in [7, 11) is 0. The van der Waals surface area contributed by atoms with E-state index in [1.165, 1.54) is 52.8 Å². The Kier molecular flexibility index (Phi) is 6.76. The van der Waals surface area contributed by atoms with Crippen molar-refractivity contribution in [1.29, 1.82) is 0 Å². The quantitative estimate of drug-likeness (QED) is 0.176. The van der Waals surface area contributed by atoms with E-state index in [2.05, 4.69) is 190 Å². The molecule has 0 atom stereocenters. The Hall–Kier alpha value is -7.21. The van der Waals surface area contributed by atoms with Crippen molar-refractivity contribution in [2.24, 2.45) is 0 Å². The minimum absolute atomic E-state index is 0.889. The van der Waals surface area contributed by atoms with Gasteiger partial charge in [-0.05, 0) is 113 Å². The smallest absolute Gasteiger partial charge is 0.135 e. The topological polar surface area (TPSA) is 30.3 Å². The lowest BCUT2D eigenvalue weighted by Gasteiger charge is -2.26. The van der Waals surface area contributed by atoms with Gasteiger partial charge in [-0.3, -0.25) is 4.98 Å². The fourth-order valence-corrected chi connectivity index (χ4v) is 9.78. The van der Waals surface area contributed by atoms with E-state index in [1.54, 1.807) is 0 Å². The highest BCUT2D eigenvalue weighted by Gasteiger charge is 2.21. The van der Waals surface area contributed by atoms with Crippen LogP contribution in [0.5, 0.6) is 11.5 Å². The average Bonchev–Trinajstić information content (AvgIpc) is 3.80. The lowest BCUT2D eigenvalue weighted by molar-refractivity contribution is 0.487. The van der Waals surface area contributed by atoms with Crippen LogP contribution in [-0.4, -0.2) is 9.55 Å². The molecule has 5 heteroatoms. The Labute approximate surface area is 326 Å². The highest BCUT2D eigenvalue weighted by Crippen LogP contribution is 2.48. The number of pyridine rings is 1. The second-order valence-electron chi connectivity index (χ2n) is 14.4. The molecule has 4 heterocycles. The molecule has 4 nitrogen and oxygen atoms in total. The number of para-hydroxylation sites is 1. The second-order valence-corrected chi connectivity index (χ2v) is 15.5. The van der Waals surface area contributed by atoms with Gasteiger partial charge in [0.1, 0.15) is 11.5 Å². The third kappa shape index (κ3) is 4.75. The number of nitrogens with zero attached hydrogens (tertiary/aromatic N) is 3. The molecule has 12 rings (SSSR count). The number of ether oxygens (including phenoxy) is 1. The minimum Gasteiger partial charge on any atom is -0.456 e. The summed E-state index contributed by atoms with van der Waals surface area (Å²) in [5, 5.41) is 7.34. The lowest BCUT2D eigenvalue weighted by Crippen LogP contribution is -2.10. The lowest BCUT2D eigenvalue weighted by atomic mass is 9.92. The molecule has 11 aromatic rings. The van der Waals surface area contributed by atoms with Crippen LogP contribution in [0.3, 0.4) is 0 Å². The molecule has 3 aromatic heterocycles. The Morgan fingerprint density at radius 3 is 2.07 bits per heavy atom. The molecule has 1 aliphatic rings. The zero-order valence-corrected chi connectivity index (χ0v) is 30.9. The largest absolute Gasteiger partial charge is 0.456 e. The zero-order chi connectivity index (χ0) is 36.7. The molecule has 0 amide bonds. The fourth-order valence-electron chi connectivity index (χ4n) is 8.69. The second kappa shape index (κ2) is 12.2. The van der Waals surface area contributed by atoms with Gasteiger partial charge < -0.3 is 14.2 Å². The van der Waals surface area contributed by atoms with E-state index < -0.39 is 0 Å². The number of anilines is 3. The first-order chi connectivity index (χ1) is 27.7. The third-order valence-electron chi connectivity index (χ3n) is 11.3. The van der Waals surface area contributed by atoms with Gasteiger partial charge in [0.15, 0.2) is 0 Å². The standard InChI is InChI=1S/C51H31N3OS/c1-3-12-45-39(9-1)40-27-28-52-31-46(40)54(45)37-22-20-36(21-23-37)53(38-24-26-50-44(30-38)41-10-2-4-14-49(41)56-50)35-18-15-32(16-19-35)34-17-25-47-43(29-34)42-11-5-7-33-8-6-13-48(55-47)51(33)42/h1-31H. The molecule has 0 bridgehead atoms. The summed E-state index contributed by atoms with van der Waals surface area (Å²) in [4.78, 5) is 6.86. The van der Waals surface area contributed by atoms with E-state index in [4.69, 9.17) is 4.74 Å². The number of hydrogen-bond acceptors (Lipinski definition) is 4. The Bertz CT molecular complexity index is 3280. The van der Waals surface area contributed by atoms with Gasteiger partial charge in [-0.15, -0.1) is 11.3 Å². The van der Waals surface area contributed by atoms with E-state index in [1.807, 2.05) is 23.7 Å². The van der Waals surface area contributed by atoms with Gasteiger partial charge in [0, 0.05) is 70.8 Å². The van der Waals surface area contributed by atoms with Crippen molar-refractivity contribution in [1.82, 2.24) is 9.55 Å². The van der Waals surface area contributed by atoms with Crippen LogP contribution < -0.4 is 9.64 Å². The predicted molar refractivity (Wildman–Crippen MR) is 235 cm³/mol. The van der Waals surface area contributed by atoms with Gasteiger partial charge in [0.25, 0.3) is 0 Å². The van der Waals surface area contributed by atoms with Crippen LogP contribution in [0.4, 0.5) is 17.1 Å². The first kappa shape index (κ1) is 31.2. The van der Waals surface area contributed by atoms with Gasteiger partial charge >= 0.3 is 0 Å². The van der Waals surface area contributed by atoms with Crippen LogP contribution in [-0.2, 0) is 0 Å². The summed E-state index contributed by atoms with van der Waals surface area (Å²) in [5.74, 6) is 1.80. The maximum absolute atomic E-state index is 6.40. The number of benzene rings is 8. The van der Waals surface area contributed by atoms with Crippen molar-refractivity contribution in [3.63, 3.8) is 0 Å². The summed E-state index contributed by atoms with van der Waals surface area (Å²) < 4.78 is 11.3. The Morgan fingerprint density at radius 1 is 0.482 bits per heavy atom. The van der Waals surface area contributed by atoms with Crippen LogP contribution in [0, 0.1) is 0 Å². The molecular weight excluding hydrogens is 703 g/mol. The van der Waals surface area contributed by atoms with Crippen molar-refractivity contribution in [2.75, 3.05) is 4.90 Å². The number of hydrogen-bond donors (Lipinski definition) is 0. The first-order valence-corrected chi connectivity index (χ1v) is 19.7. The van der Waals surface area contributed by atoms with Gasteiger partial charge in [-0.25, -0.2) is 0 Å². The van der Waals surface area contributed by atoms with Crippen molar-refractivity contribution in [3.05, 3.63) is 188 Å². The highest BCUT2D eigenvalue weighted by molar-refractivity contribution is 7.25. The van der Waals surface area contributed by atoms with Crippen molar-refractivity contribution < 1.29 is 4.74 Å². The number of aromatic nitrogens is 2. The molecular formula is C51H31N3OS. The molecule has 0 N–H and O–H groups in total. The first-order valence-electron chi connectivity index (χ1n) is 18.8. The maximum Gasteiger partial charge on any atom is 0.135 e.